The molecule has 0 aliphatic carbocycles. The molecule has 1 unspecified atom stereocenters. The molecule has 1 atom stereocenters. The number of aryl methyl sites for hydroxylation is 2. The molecular weight excluding hydrogens is 460 g/mol. The van der Waals surface area contributed by atoms with Crippen molar-refractivity contribution in [1.82, 2.24) is 9.21 Å². The summed E-state index contributed by atoms with van der Waals surface area (Å²) in [6.45, 7) is 5.95. The molecule has 1 fully saturated rings. The molecule has 1 saturated heterocycles. The maximum atomic E-state index is 13.0. The van der Waals surface area contributed by atoms with Crippen LogP contribution in [-0.4, -0.2) is 88.4 Å². The molecule has 1 aliphatic rings. The molecular formula is C24H32N2O7S. The molecule has 1 aliphatic heterocycles. The average molecular weight is 493 g/mol. The number of benzene rings is 2. The molecule has 0 amide bonds. The number of hydrogen-bond donors (Lipinski definition) is 1. The van der Waals surface area contributed by atoms with E-state index in [-0.39, 0.29) is 6.61 Å². The van der Waals surface area contributed by atoms with Crippen molar-refractivity contribution in [1.29, 1.82) is 0 Å². The van der Waals surface area contributed by atoms with E-state index in [1.165, 1.54) is 24.6 Å². The molecule has 0 bridgehead atoms. The minimum atomic E-state index is -3.55. The number of hydrogen-bond acceptors (Lipinski definition) is 8. The Morgan fingerprint density at radius 2 is 1.71 bits per heavy atom. The fraction of sp³-hybridized carbons (Fsp3) is 0.458. The molecule has 0 spiro atoms. The molecule has 2 aromatic rings. The molecule has 2 aromatic carbocycles. The first-order chi connectivity index (χ1) is 16.1. The number of nitrogens with zero attached hydrogens (tertiary/aromatic N) is 2. The number of aliphatic hydroxyl groups excluding tert-OH is 1. The molecule has 186 valence electrons. The first-order valence-electron chi connectivity index (χ1n) is 11.0. The first-order valence-corrected chi connectivity index (χ1v) is 12.5. The minimum absolute atomic E-state index is 0.0229. The summed E-state index contributed by atoms with van der Waals surface area (Å²) in [6, 6.07) is 9.86. The highest BCUT2D eigenvalue weighted by Gasteiger charge is 2.29. The smallest absolute Gasteiger partial charge is 0.337 e. The topological polar surface area (TPSA) is 106 Å². The third-order valence-electron chi connectivity index (χ3n) is 5.93. The summed E-state index contributed by atoms with van der Waals surface area (Å²) in [5, 5.41) is 10.5. The summed E-state index contributed by atoms with van der Waals surface area (Å²) < 4.78 is 43.1. The van der Waals surface area contributed by atoms with Crippen LogP contribution >= 0.6 is 0 Å². The fourth-order valence-electron chi connectivity index (χ4n) is 3.74. The van der Waals surface area contributed by atoms with E-state index in [4.69, 9.17) is 14.2 Å². The maximum Gasteiger partial charge on any atom is 0.337 e. The van der Waals surface area contributed by atoms with E-state index in [2.05, 4.69) is 0 Å². The molecule has 3 rings (SSSR count). The van der Waals surface area contributed by atoms with Gasteiger partial charge in [-0.25, -0.2) is 13.2 Å². The lowest BCUT2D eigenvalue weighted by Gasteiger charge is -2.35. The van der Waals surface area contributed by atoms with E-state index in [9.17, 15) is 18.3 Å². The standard InChI is InChI=1S/C24H32N2O7S/c1-17-5-7-21(13-18(17)2)34(29,30)26-11-9-25(10-12-26)15-20(27)16-33-22-8-6-19(24(28)32-4)14-23(22)31-3/h5-8,13-14,20,27H,9-12,15-16H2,1-4H3. The number of carbonyl (C=O) groups is 1. The van der Waals surface area contributed by atoms with E-state index in [0.717, 1.165) is 11.1 Å². The first kappa shape index (κ1) is 26.0. The van der Waals surface area contributed by atoms with Crippen molar-refractivity contribution in [3.8, 4) is 11.5 Å². The van der Waals surface area contributed by atoms with E-state index in [0.29, 0.717) is 54.7 Å². The van der Waals surface area contributed by atoms with Gasteiger partial charge in [0.05, 0.1) is 24.7 Å². The van der Waals surface area contributed by atoms with Crippen LogP contribution in [-0.2, 0) is 14.8 Å². The zero-order valence-electron chi connectivity index (χ0n) is 20.0. The van der Waals surface area contributed by atoms with Gasteiger partial charge in [0, 0.05) is 32.7 Å². The third-order valence-corrected chi connectivity index (χ3v) is 7.83. The zero-order valence-corrected chi connectivity index (χ0v) is 20.8. The lowest BCUT2D eigenvalue weighted by Crippen LogP contribution is -2.50. The highest BCUT2D eigenvalue weighted by Crippen LogP contribution is 2.28. The second-order valence-electron chi connectivity index (χ2n) is 8.27. The van der Waals surface area contributed by atoms with Gasteiger partial charge in [0.25, 0.3) is 0 Å². The van der Waals surface area contributed by atoms with Gasteiger partial charge >= 0.3 is 5.97 Å². The van der Waals surface area contributed by atoms with Crippen LogP contribution in [0.4, 0.5) is 0 Å². The van der Waals surface area contributed by atoms with E-state index >= 15 is 0 Å². The van der Waals surface area contributed by atoms with Gasteiger partial charge in [0.2, 0.25) is 10.0 Å². The van der Waals surface area contributed by atoms with Crippen LogP contribution in [0.15, 0.2) is 41.3 Å². The second-order valence-corrected chi connectivity index (χ2v) is 10.2. The van der Waals surface area contributed by atoms with E-state index in [1.807, 2.05) is 24.8 Å². The number of methoxy groups -OCH3 is 2. The number of ether oxygens (including phenoxy) is 3. The number of esters is 1. The minimum Gasteiger partial charge on any atom is -0.493 e. The normalized spacial score (nSPS) is 16.1. The molecule has 0 radical (unpaired) electrons. The lowest BCUT2D eigenvalue weighted by molar-refractivity contribution is 0.0557. The molecule has 9 nitrogen and oxygen atoms in total. The highest BCUT2D eigenvalue weighted by atomic mass is 32.2. The number of aliphatic hydroxyl groups is 1. The van der Waals surface area contributed by atoms with Crippen molar-refractivity contribution in [3.63, 3.8) is 0 Å². The van der Waals surface area contributed by atoms with Crippen LogP contribution < -0.4 is 9.47 Å². The van der Waals surface area contributed by atoms with Gasteiger partial charge in [-0.1, -0.05) is 6.07 Å². The molecule has 1 heterocycles. The van der Waals surface area contributed by atoms with Crippen molar-refractivity contribution in [3.05, 3.63) is 53.1 Å². The van der Waals surface area contributed by atoms with Crippen molar-refractivity contribution < 1.29 is 32.5 Å². The Morgan fingerprint density at radius 3 is 2.32 bits per heavy atom. The monoisotopic (exact) mass is 492 g/mol. The lowest BCUT2D eigenvalue weighted by atomic mass is 10.1. The summed E-state index contributed by atoms with van der Waals surface area (Å²) >= 11 is 0. The van der Waals surface area contributed by atoms with E-state index < -0.39 is 22.1 Å². The van der Waals surface area contributed by atoms with Gasteiger partial charge in [-0.2, -0.15) is 4.31 Å². The van der Waals surface area contributed by atoms with Crippen LogP contribution in [0.2, 0.25) is 0 Å². The van der Waals surface area contributed by atoms with Gasteiger partial charge in [0.1, 0.15) is 12.7 Å². The van der Waals surface area contributed by atoms with Crippen LogP contribution in [0.3, 0.4) is 0 Å². The Labute approximate surface area is 200 Å². The molecule has 0 aromatic heterocycles. The Morgan fingerprint density at radius 1 is 1.00 bits per heavy atom. The summed E-state index contributed by atoms with van der Waals surface area (Å²) in [5.74, 6) is 0.280. The predicted molar refractivity (Wildman–Crippen MR) is 127 cm³/mol. The molecule has 0 saturated carbocycles. The van der Waals surface area contributed by atoms with Crippen molar-refractivity contribution in [2.45, 2.75) is 24.8 Å². The Hall–Kier alpha value is -2.66. The summed E-state index contributed by atoms with van der Waals surface area (Å²) in [7, 11) is -0.783. The van der Waals surface area contributed by atoms with Gasteiger partial charge in [-0.15, -0.1) is 0 Å². The largest absolute Gasteiger partial charge is 0.493 e. The van der Waals surface area contributed by atoms with Crippen molar-refractivity contribution in [2.75, 3.05) is 53.6 Å². The second kappa shape index (κ2) is 11.2. The molecule has 1 N–H and O–H groups in total. The third kappa shape index (κ3) is 6.06. The van der Waals surface area contributed by atoms with Gasteiger partial charge in [0.15, 0.2) is 11.5 Å². The van der Waals surface area contributed by atoms with Crippen LogP contribution in [0.25, 0.3) is 0 Å². The average Bonchev–Trinajstić information content (AvgIpc) is 2.84. The SMILES string of the molecule is COC(=O)c1ccc(OCC(O)CN2CCN(S(=O)(=O)c3ccc(C)c(C)c3)CC2)c(OC)c1. The van der Waals surface area contributed by atoms with Gasteiger partial charge in [-0.05, 0) is 55.3 Å². The molecule has 10 heteroatoms. The quantitative estimate of drug-likeness (QED) is 0.529. The summed E-state index contributed by atoms with van der Waals surface area (Å²) in [6.07, 6.45) is -0.784. The Bertz CT molecular complexity index is 1110. The van der Waals surface area contributed by atoms with Crippen LogP contribution in [0.5, 0.6) is 11.5 Å². The molecule has 34 heavy (non-hydrogen) atoms. The number of β-amino-alcohol motifs (C(OH)–C–C–N with tert-alkyl or cyclic N) is 1. The van der Waals surface area contributed by atoms with Crippen molar-refractivity contribution in [2.24, 2.45) is 0 Å². The maximum absolute atomic E-state index is 13.0. The number of piperazine rings is 1. The fourth-order valence-corrected chi connectivity index (χ4v) is 5.25. The van der Waals surface area contributed by atoms with Crippen LogP contribution in [0.1, 0.15) is 21.5 Å². The number of rotatable bonds is 9. The van der Waals surface area contributed by atoms with Gasteiger partial charge < -0.3 is 19.3 Å². The summed E-state index contributed by atoms with van der Waals surface area (Å²) in [4.78, 5) is 14.0. The highest BCUT2D eigenvalue weighted by molar-refractivity contribution is 7.89. The van der Waals surface area contributed by atoms with Gasteiger partial charge in [-0.3, -0.25) is 4.90 Å². The zero-order chi connectivity index (χ0) is 24.9. The van der Waals surface area contributed by atoms with Crippen LogP contribution in [0, 0.1) is 13.8 Å². The summed E-state index contributed by atoms with van der Waals surface area (Å²) in [5.41, 5.74) is 2.33. The number of carbonyl (C=O) groups excluding carboxylic acids is 1. The Balaban J connectivity index is 1.51. The van der Waals surface area contributed by atoms with Crippen molar-refractivity contribution >= 4 is 16.0 Å². The Kier molecular flexibility index (Phi) is 8.53. The predicted octanol–water partition coefficient (Wildman–Crippen LogP) is 1.84. The van der Waals surface area contributed by atoms with E-state index in [1.54, 1.807) is 24.3 Å². The number of sulfonamides is 1.